The summed E-state index contributed by atoms with van der Waals surface area (Å²) in [7, 11) is 0. The van der Waals surface area contributed by atoms with Gasteiger partial charge < -0.3 is 10.7 Å². The van der Waals surface area contributed by atoms with Crippen LogP contribution in [0.5, 0.6) is 0 Å². The Hall–Kier alpha value is 0.826. The average molecular weight is 324 g/mol. The van der Waals surface area contributed by atoms with Gasteiger partial charge in [-0.25, -0.2) is 0 Å². The van der Waals surface area contributed by atoms with E-state index in [0.29, 0.717) is 24.4 Å². The van der Waals surface area contributed by atoms with Gasteiger partial charge in [0.15, 0.2) is 0 Å². The Kier molecular flexibility index (Phi) is 7.51. The normalized spacial score (nSPS) is 23.8. The number of hydrogen-bond acceptors (Lipinski definition) is 6. The number of likely N-dealkylation sites (N-methyl/N-ethyl adjacent to an activating group) is 1. The summed E-state index contributed by atoms with van der Waals surface area (Å²) in [4.78, 5) is 1.88. The van der Waals surface area contributed by atoms with E-state index >= 15 is 0 Å². The Labute approximate surface area is 154 Å². The minimum Gasteiger partial charge on any atom is -0.870 e. The van der Waals surface area contributed by atoms with Crippen LogP contribution < -0.4 is 56.0 Å². The van der Waals surface area contributed by atoms with E-state index in [1.807, 2.05) is 11.8 Å². The molecule has 1 N–H and O–H groups in total. The third-order valence-corrected chi connectivity index (χ3v) is 3.76. The molecule has 19 heavy (non-hydrogen) atoms. The molecule has 1 atom stereocenters. The Morgan fingerprint density at radius 2 is 2.05 bits per heavy atom. The number of hydroxylamine groups is 2. The van der Waals surface area contributed by atoms with E-state index in [2.05, 4.69) is 10.2 Å². The molecule has 1 saturated heterocycles. The molecule has 1 aliphatic rings. The summed E-state index contributed by atoms with van der Waals surface area (Å²) in [6, 6.07) is 0. The fraction of sp³-hybridized carbons (Fsp3) is 0.750. The van der Waals surface area contributed by atoms with Gasteiger partial charge in [0, 0.05) is 6.54 Å². The maximum Gasteiger partial charge on any atom is 1.00 e. The van der Waals surface area contributed by atoms with E-state index in [4.69, 9.17) is 0 Å². The molecule has 1 fully saturated rings. The SMILES string of the molecule is CCN1CC[N+]([O-])(c2nnc(C(F)(F)F)s2)C1.[K+].[OH-]. The third-order valence-electron chi connectivity index (χ3n) is 2.66. The second-order valence-electron chi connectivity index (χ2n) is 3.85. The summed E-state index contributed by atoms with van der Waals surface area (Å²) in [6.07, 6.45) is -4.53. The van der Waals surface area contributed by atoms with Crippen molar-refractivity contribution in [2.45, 2.75) is 13.1 Å². The first-order chi connectivity index (χ1) is 7.85. The van der Waals surface area contributed by atoms with Crippen LogP contribution in [0.1, 0.15) is 11.9 Å². The van der Waals surface area contributed by atoms with Crippen LogP contribution in [-0.2, 0) is 6.18 Å². The zero-order chi connectivity index (χ0) is 12.7. The largest absolute Gasteiger partial charge is 1.00 e. The van der Waals surface area contributed by atoms with Crippen molar-refractivity contribution in [3.63, 3.8) is 0 Å². The minimum atomic E-state index is -4.53. The van der Waals surface area contributed by atoms with Crippen LogP contribution in [0.2, 0.25) is 0 Å². The molecule has 0 amide bonds. The number of alkyl halides is 3. The Balaban J connectivity index is 0.00000162. The molecule has 1 aliphatic heterocycles. The molecular weight excluding hydrogens is 312 g/mol. The van der Waals surface area contributed by atoms with Gasteiger partial charge in [-0.3, -0.25) is 9.55 Å². The van der Waals surface area contributed by atoms with Crippen LogP contribution in [0.4, 0.5) is 18.3 Å². The van der Waals surface area contributed by atoms with Gasteiger partial charge in [0.1, 0.15) is 6.67 Å². The molecule has 104 valence electrons. The van der Waals surface area contributed by atoms with Crippen molar-refractivity contribution >= 4 is 16.5 Å². The monoisotopic (exact) mass is 324 g/mol. The predicted octanol–water partition coefficient (Wildman–Crippen LogP) is -1.52. The van der Waals surface area contributed by atoms with E-state index < -0.39 is 15.8 Å². The number of quaternary nitrogens is 1. The molecule has 0 radical (unpaired) electrons. The van der Waals surface area contributed by atoms with Crippen molar-refractivity contribution in [2.75, 3.05) is 26.3 Å². The van der Waals surface area contributed by atoms with Crippen LogP contribution >= 0.6 is 11.3 Å². The van der Waals surface area contributed by atoms with Gasteiger partial charge in [0.25, 0.3) is 0 Å². The van der Waals surface area contributed by atoms with Gasteiger partial charge in [-0.1, -0.05) is 12.0 Å². The molecule has 1 unspecified atom stereocenters. The van der Waals surface area contributed by atoms with Gasteiger partial charge in [-0.05, 0) is 11.3 Å². The summed E-state index contributed by atoms with van der Waals surface area (Å²) < 4.78 is 36.2. The fourth-order valence-corrected chi connectivity index (χ4v) is 2.44. The van der Waals surface area contributed by atoms with Crippen LogP contribution in [0.25, 0.3) is 0 Å². The summed E-state index contributed by atoms with van der Waals surface area (Å²) in [6.45, 7) is 3.54. The molecule has 0 aliphatic carbocycles. The molecule has 2 heterocycles. The summed E-state index contributed by atoms with van der Waals surface area (Å²) in [5.41, 5.74) is 0. The Bertz CT molecular complexity index is 419. The van der Waals surface area contributed by atoms with Crippen LogP contribution in [0.15, 0.2) is 0 Å². The summed E-state index contributed by atoms with van der Waals surface area (Å²) in [5, 5.41) is 17.5. The quantitative estimate of drug-likeness (QED) is 0.375. The van der Waals surface area contributed by atoms with Crippen LogP contribution in [0.3, 0.4) is 0 Å². The van der Waals surface area contributed by atoms with Gasteiger partial charge >= 0.3 is 62.7 Å². The van der Waals surface area contributed by atoms with E-state index in [9.17, 15) is 18.4 Å². The first kappa shape index (κ1) is 19.8. The maximum atomic E-state index is 12.3. The minimum absolute atomic E-state index is 0. The summed E-state index contributed by atoms with van der Waals surface area (Å²) in [5.74, 6) is 0. The van der Waals surface area contributed by atoms with Crippen LogP contribution in [-0.4, -0.2) is 46.9 Å². The molecule has 11 heteroatoms. The molecule has 0 saturated carbocycles. The number of halogens is 3. The Morgan fingerprint density at radius 1 is 1.42 bits per heavy atom. The van der Waals surface area contributed by atoms with Crippen molar-refractivity contribution in [1.29, 1.82) is 0 Å². The van der Waals surface area contributed by atoms with Crippen molar-refractivity contribution in [3.05, 3.63) is 10.2 Å². The summed E-state index contributed by atoms with van der Waals surface area (Å²) >= 11 is 0.334. The first-order valence-corrected chi connectivity index (χ1v) is 5.88. The van der Waals surface area contributed by atoms with Gasteiger partial charge in [-0.2, -0.15) is 13.2 Å². The molecule has 6 nitrogen and oxygen atoms in total. The maximum absolute atomic E-state index is 12.3. The second-order valence-corrected chi connectivity index (χ2v) is 4.81. The van der Waals surface area contributed by atoms with Crippen molar-refractivity contribution in [2.24, 2.45) is 0 Å². The molecule has 0 aromatic carbocycles. The number of nitrogens with zero attached hydrogens (tertiary/aromatic N) is 4. The molecular formula is C8H12F3KN4O2S. The number of rotatable bonds is 2. The van der Waals surface area contributed by atoms with E-state index in [-0.39, 0.29) is 75.2 Å². The first-order valence-electron chi connectivity index (χ1n) is 5.07. The van der Waals surface area contributed by atoms with E-state index in [1.165, 1.54) is 0 Å². The van der Waals surface area contributed by atoms with Crippen molar-refractivity contribution in [1.82, 2.24) is 19.7 Å². The topological polar surface area (TPSA) is 82.1 Å². The zero-order valence-electron chi connectivity index (χ0n) is 10.5. The number of hydrogen-bond donors (Lipinski definition) is 0. The number of aromatic nitrogens is 2. The molecule has 1 aromatic rings. The van der Waals surface area contributed by atoms with Gasteiger partial charge in [0.05, 0.1) is 13.1 Å². The fourth-order valence-electron chi connectivity index (χ4n) is 1.68. The van der Waals surface area contributed by atoms with E-state index in [1.54, 1.807) is 0 Å². The van der Waals surface area contributed by atoms with Crippen molar-refractivity contribution < 1.29 is 70.0 Å². The van der Waals surface area contributed by atoms with Crippen LogP contribution in [0, 0.1) is 5.21 Å². The predicted molar refractivity (Wildman–Crippen MR) is 59.0 cm³/mol. The van der Waals surface area contributed by atoms with Gasteiger partial charge in [-0.15, -0.1) is 5.10 Å². The van der Waals surface area contributed by atoms with Gasteiger partial charge in [0.2, 0.25) is 5.01 Å². The van der Waals surface area contributed by atoms with E-state index in [0.717, 1.165) is 0 Å². The molecule has 0 bridgehead atoms. The second kappa shape index (κ2) is 7.20. The smallest absolute Gasteiger partial charge is 0.870 e. The molecule has 0 spiro atoms. The van der Waals surface area contributed by atoms with Crippen molar-refractivity contribution in [3.8, 4) is 0 Å². The standard InChI is InChI=1S/C8H11F3N4OS.K.H2O/c1-2-14-3-4-15(16,5-14)7-13-12-6(17-7)8(9,10)11;;/h2-5H2,1H3;;1H2/q;+1;/p-1. The molecule has 1 aromatic heterocycles. The Morgan fingerprint density at radius 3 is 2.47 bits per heavy atom. The third kappa shape index (κ3) is 4.39. The average Bonchev–Trinajstić information content (AvgIpc) is 2.83. The molecule has 2 rings (SSSR count). The zero-order valence-corrected chi connectivity index (χ0v) is 14.5.